The smallest absolute Gasteiger partial charge is 0.543 e. The third-order valence-electron chi connectivity index (χ3n) is 5.07. The van der Waals surface area contributed by atoms with Crippen molar-refractivity contribution < 1.29 is 57.8 Å². The van der Waals surface area contributed by atoms with Crippen molar-refractivity contribution in [1.29, 1.82) is 0 Å². The molecular weight excluding hydrogens is 417 g/mol. The van der Waals surface area contributed by atoms with Gasteiger partial charge in [-0.25, -0.2) is 13.4 Å². The number of aliphatic hydroxyl groups is 1. The number of carboxylic acids is 1. The average molecular weight is 433 g/mol. The quantitative estimate of drug-likeness (QED) is 0.379. The molecule has 144 valence electrons. The Kier molecular flexibility index (Phi) is 5.54. The number of carboxylic acid groups (broad SMARTS) is 1. The maximum Gasteiger partial charge on any atom is 1.00 e. The number of thiazole rings is 1. The van der Waals surface area contributed by atoms with Crippen LogP contribution in [-0.2, 0) is 19.4 Å². The molecule has 0 saturated carbocycles. The Hall–Kier alpha value is -1.24. The molecular formula is C16H16N3NaO6S2. The van der Waals surface area contributed by atoms with E-state index in [-0.39, 0.29) is 52.5 Å². The standard InChI is InChI=1S/C16H17N3O6S2.Na/c1-3-27(24,25)13-15-18(6-17-13)5-10(26-15)8-4-9-11(7(2)20)14(21)19(9)12(8)16(22)23;/h5-7,9,11,20H,3-4H2,1-2H3,(H,22,23);/q;+1/p-1/t7-,9-,11-;/m1./s1. The van der Waals surface area contributed by atoms with Gasteiger partial charge in [-0.15, -0.1) is 11.3 Å². The van der Waals surface area contributed by atoms with Gasteiger partial charge in [0.25, 0.3) is 0 Å². The summed E-state index contributed by atoms with van der Waals surface area (Å²) in [5, 5.41) is 21.4. The minimum Gasteiger partial charge on any atom is -0.543 e. The van der Waals surface area contributed by atoms with Crippen LogP contribution in [0, 0.1) is 5.92 Å². The van der Waals surface area contributed by atoms with Crippen LogP contribution in [0.25, 0.3) is 10.4 Å². The van der Waals surface area contributed by atoms with E-state index in [0.717, 1.165) is 11.3 Å². The first-order valence-electron chi connectivity index (χ1n) is 8.32. The van der Waals surface area contributed by atoms with Gasteiger partial charge in [-0.1, -0.05) is 6.92 Å². The summed E-state index contributed by atoms with van der Waals surface area (Å²) in [4.78, 5) is 30.0. The van der Waals surface area contributed by atoms with E-state index in [9.17, 15) is 28.2 Å². The van der Waals surface area contributed by atoms with Crippen LogP contribution in [0.3, 0.4) is 0 Å². The number of aliphatic carboxylic acids is 1. The Labute approximate surface area is 186 Å². The zero-order valence-electron chi connectivity index (χ0n) is 15.4. The number of imidazole rings is 1. The van der Waals surface area contributed by atoms with Gasteiger partial charge in [0.15, 0.2) is 14.9 Å². The molecule has 1 fully saturated rings. The summed E-state index contributed by atoms with van der Waals surface area (Å²) in [5.74, 6) is -2.66. The van der Waals surface area contributed by atoms with Gasteiger partial charge in [-0.05, 0) is 18.9 Å². The van der Waals surface area contributed by atoms with Gasteiger partial charge in [0.05, 0.1) is 40.4 Å². The van der Waals surface area contributed by atoms with E-state index in [1.165, 1.54) is 29.5 Å². The topological polar surface area (TPSA) is 132 Å². The SMILES string of the molecule is CCS(=O)(=O)c1ncn2cc(C3=C(C(=O)[O-])N4C(=O)[C@H]([C@@H](C)O)[C@H]4C3)sc12.[Na+]. The number of carbonyl (C=O) groups is 2. The summed E-state index contributed by atoms with van der Waals surface area (Å²) in [6.07, 6.45) is 2.35. The first-order valence-corrected chi connectivity index (χ1v) is 10.8. The van der Waals surface area contributed by atoms with Crippen LogP contribution in [0.1, 0.15) is 25.1 Å². The molecule has 0 unspecified atom stereocenters. The molecule has 1 amide bonds. The zero-order valence-corrected chi connectivity index (χ0v) is 19.1. The normalized spacial score (nSPS) is 22.8. The number of aliphatic hydroxyl groups excluding tert-OH is 1. The molecule has 4 rings (SSSR count). The van der Waals surface area contributed by atoms with Crippen molar-refractivity contribution in [2.45, 2.75) is 37.4 Å². The summed E-state index contributed by atoms with van der Waals surface area (Å²) in [5.41, 5.74) is 0.198. The van der Waals surface area contributed by atoms with Crippen molar-refractivity contribution in [1.82, 2.24) is 14.3 Å². The molecule has 0 aromatic carbocycles. The number of sulfone groups is 1. The first kappa shape index (κ1) is 21.5. The molecule has 0 bridgehead atoms. The third-order valence-corrected chi connectivity index (χ3v) is 8.02. The van der Waals surface area contributed by atoms with Gasteiger partial charge in [0, 0.05) is 6.20 Å². The number of nitrogens with zero attached hydrogens (tertiary/aromatic N) is 3. The van der Waals surface area contributed by atoms with Crippen LogP contribution in [0.5, 0.6) is 0 Å². The minimum atomic E-state index is -3.52. The van der Waals surface area contributed by atoms with Crippen molar-refractivity contribution in [3.63, 3.8) is 0 Å². The van der Waals surface area contributed by atoms with E-state index in [4.69, 9.17) is 0 Å². The van der Waals surface area contributed by atoms with E-state index in [2.05, 4.69) is 4.98 Å². The molecule has 9 nitrogen and oxygen atoms in total. The largest absolute Gasteiger partial charge is 1.00 e. The fraction of sp³-hybridized carbons (Fsp3) is 0.438. The molecule has 0 radical (unpaired) electrons. The van der Waals surface area contributed by atoms with Crippen molar-refractivity contribution in [3.05, 3.63) is 23.1 Å². The van der Waals surface area contributed by atoms with Crippen LogP contribution >= 0.6 is 11.3 Å². The predicted molar refractivity (Wildman–Crippen MR) is 93.1 cm³/mol. The second-order valence-electron chi connectivity index (χ2n) is 6.62. The average Bonchev–Trinajstić information content (AvgIpc) is 3.23. The number of aromatic nitrogens is 2. The third kappa shape index (κ3) is 2.96. The van der Waals surface area contributed by atoms with Crippen molar-refractivity contribution in [2.75, 3.05) is 5.75 Å². The number of fused-ring (bicyclic) bond motifs is 2. The number of β-lactam (4-membered cyclic amide) rings is 1. The van der Waals surface area contributed by atoms with Crippen molar-refractivity contribution in [3.8, 4) is 0 Å². The van der Waals surface area contributed by atoms with Crippen LogP contribution in [0.4, 0.5) is 0 Å². The second kappa shape index (κ2) is 7.22. The summed E-state index contributed by atoms with van der Waals surface area (Å²) in [6.45, 7) is 3.02. The molecule has 2 aromatic heterocycles. The van der Waals surface area contributed by atoms with Gasteiger partial charge in [-0.3, -0.25) is 9.20 Å². The van der Waals surface area contributed by atoms with E-state index in [1.807, 2.05) is 0 Å². The molecule has 2 aliphatic heterocycles. The molecule has 2 aromatic rings. The van der Waals surface area contributed by atoms with E-state index in [1.54, 1.807) is 6.20 Å². The Bertz CT molecular complexity index is 1120. The van der Waals surface area contributed by atoms with E-state index in [0.29, 0.717) is 15.3 Å². The molecule has 28 heavy (non-hydrogen) atoms. The Balaban J connectivity index is 0.00000225. The van der Waals surface area contributed by atoms with Crippen LogP contribution in [0.15, 0.2) is 23.2 Å². The summed E-state index contributed by atoms with van der Waals surface area (Å²) >= 11 is 1.11. The summed E-state index contributed by atoms with van der Waals surface area (Å²) < 4.78 is 25.9. The van der Waals surface area contributed by atoms with Gasteiger partial charge in [0.2, 0.25) is 5.91 Å². The Morgan fingerprint density at radius 3 is 2.75 bits per heavy atom. The molecule has 0 aliphatic carbocycles. The minimum absolute atomic E-state index is 0. The van der Waals surface area contributed by atoms with Crippen molar-refractivity contribution in [2.24, 2.45) is 5.92 Å². The number of hydrogen-bond acceptors (Lipinski definition) is 8. The first-order chi connectivity index (χ1) is 12.7. The predicted octanol–water partition coefficient (Wildman–Crippen LogP) is -3.73. The molecule has 4 heterocycles. The molecule has 1 N–H and O–H groups in total. The molecule has 2 aliphatic rings. The van der Waals surface area contributed by atoms with Crippen molar-refractivity contribution >= 4 is 43.5 Å². The van der Waals surface area contributed by atoms with Crippen LogP contribution in [-0.4, -0.2) is 57.6 Å². The van der Waals surface area contributed by atoms with Crippen LogP contribution in [0.2, 0.25) is 0 Å². The fourth-order valence-electron chi connectivity index (χ4n) is 3.75. The second-order valence-corrected chi connectivity index (χ2v) is 9.85. The number of amides is 1. The number of carbonyl (C=O) groups excluding carboxylic acids is 2. The number of rotatable bonds is 5. The fourth-order valence-corrected chi connectivity index (χ4v) is 6.13. The maximum absolute atomic E-state index is 12.3. The van der Waals surface area contributed by atoms with Gasteiger partial charge < -0.3 is 19.9 Å². The van der Waals surface area contributed by atoms with Gasteiger partial charge in [0.1, 0.15) is 11.2 Å². The maximum atomic E-state index is 12.3. The van der Waals surface area contributed by atoms with Gasteiger partial charge in [-0.2, -0.15) is 0 Å². The Morgan fingerprint density at radius 2 is 2.18 bits per heavy atom. The zero-order chi connectivity index (χ0) is 19.7. The van der Waals surface area contributed by atoms with E-state index < -0.39 is 39.8 Å². The Morgan fingerprint density at radius 1 is 1.50 bits per heavy atom. The molecule has 12 heteroatoms. The summed E-state index contributed by atoms with van der Waals surface area (Å²) in [7, 11) is -3.52. The monoisotopic (exact) mass is 433 g/mol. The molecule has 1 saturated heterocycles. The summed E-state index contributed by atoms with van der Waals surface area (Å²) in [6, 6.07) is -0.432. The molecule has 0 spiro atoms. The number of hydrogen-bond donors (Lipinski definition) is 1. The van der Waals surface area contributed by atoms with Crippen LogP contribution < -0.4 is 34.7 Å². The van der Waals surface area contributed by atoms with E-state index >= 15 is 0 Å². The van der Waals surface area contributed by atoms with Gasteiger partial charge >= 0.3 is 29.6 Å². The molecule has 3 atom stereocenters.